The number of likely N-dealkylation sites (N-methyl/N-ethyl adjacent to an activating group) is 1. The van der Waals surface area contributed by atoms with E-state index in [-0.39, 0.29) is 0 Å². The molecule has 0 saturated carbocycles. The van der Waals surface area contributed by atoms with E-state index in [1.165, 1.54) is 4.90 Å². The minimum Gasteiger partial charge on any atom is -0.410 e. The summed E-state index contributed by atoms with van der Waals surface area (Å²) in [6.45, 7) is 2.70. The second-order valence-electron chi connectivity index (χ2n) is 3.49. The van der Waals surface area contributed by atoms with Crippen LogP contribution in [0.2, 0.25) is 5.02 Å². The standard InChI is InChI=1S/C11H15ClN2O2/c1-8-7-9(12)3-4-10(8)16-11(15)14(2)6-5-13/h3-4,7H,5-6,13H2,1-2H3. The van der Waals surface area contributed by atoms with Crippen molar-refractivity contribution in [3.8, 4) is 5.75 Å². The Balaban J connectivity index is 2.69. The fraction of sp³-hybridized carbons (Fsp3) is 0.364. The van der Waals surface area contributed by atoms with E-state index in [4.69, 9.17) is 22.1 Å². The van der Waals surface area contributed by atoms with Crippen LogP contribution in [-0.4, -0.2) is 31.1 Å². The number of carbonyl (C=O) groups is 1. The average molecular weight is 243 g/mol. The predicted molar refractivity (Wildman–Crippen MR) is 63.9 cm³/mol. The Morgan fingerprint density at radius 2 is 2.25 bits per heavy atom. The molecule has 0 aliphatic rings. The number of halogens is 1. The molecule has 0 aliphatic heterocycles. The summed E-state index contributed by atoms with van der Waals surface area (Å²) in [5.74, 6) is 0.512. The summed E-state index contributed by atoms with van der Waals surface area (Å²) in [5, 5.41) is 0.618. The molecule has 0 saturated heterocycles. The monoisotopic (exact) mass is 242 g/mol. The molecule has 0 radical (unpaired) electrons. The van der Waals surface area contributed by atoms with Crippen molar-refractivity contribution in [3.05, 3.63) is 28.8 Å². The third kappa shape index (κ3) is 3.40. The molecular weight excluding hydrogens is 228 g/mol. The van der Waals surface area contributed by atoms with Gasteiger partial charge in [-0.15, -0.1) is 0 Å². The Labute approximate surface area is 99.9 Å². The van der Waals surface area contributed by atoms with Gasteiger partial charge in [-0.05, 0) is 30.7 Å². The number of amides is 1. The third-order valence-corrected chi connectivity index (χ3v) is 2.35. The molecule has 16 heavy (non-hydrogen) atoms. The first-order chi connectivity index (χ1) is 7.54. The first-order valence-corrected chi connectivity index (χ1v) is 5.31. The van der Waals surface area contributed by atoms with Gasteiger partial charge in [-0.3, -0.25) is 0 Å². The van der Waals surface area contributed by atoms with Crippen molar-refractivity contribution in [2.75, 3.05) is 20.1 Å². The SMILES string of the molecule is Cc1cc(Cl)ccc1OC(=O)N(C)CCN. The number of rotatable bonds is 3. The van der Waals surface area contributed by atoms with Crippen LogP contribution >= 0.6 is 11.6 Å². The van der Waals surface area contributed by atoms with E-state index in [0.29, 0.717) is 23.9 Å². The van der Waals surface area contributed by atoms with Gasteiger partial charge < -0.3 is 15.4 Å². The zero-order valence-corrected chi connectivity index (χ0v) is 10.1. The van der Waals surface area contributed by atoms with Crippen LogP contribution in [0.5, 0.6) is 5.75 Å². The minimum absolute atomic E-state index is 0.408. The Hall–Kier alpha value is -1.26. The van der Waals surface area contributed by atoms with Gasteiger partial charge in [0.15, 0.2) is 0 Å². The van der Waals surface area contributed by atoms with Crippen LogP contribution in [0.4, 0.5) is 4.79 Å². The lowest BCUT2D eigenvalue weighted by Crippen LogP contribution is -2.34. The zero-order chi connectivity index (χ0) is 12.1. The van der Waals surface area contributed by atoms with E-state index < -0.39 is 6.09 Å². The average Bonchev–Trinajstić information content (AvgIpc) is 2.22. The Morgan fingerprint density at radius 3 is 2.81 bits per heavy atom. The maximum Gasteiger partial charge on any atom is 0.415 e. The van der Waals surface area contributed by atoms with Crippen molar-refractivity contribution < 1.29 is 9.53 Å². The van der Waals surface area contributed by atoms with Gasteiger partial charge in [0.05, 0.1) is 0 Å². The number of nitrogens with zero attached hydrogens (tertiary/aromatic N) is 1. The molecular formula is C11H15ClN2O2. The van der Waals surface area contributed by atoms with E-state index in [1.54, 1.807) is 25.2 Å². The lowest BCUT2D eigenvalue weighted by atomic mass is 10.2. The summed E-state index contributed by atoms with van der Waals surface area (Å²) in [6, 6.07) is 5.10. The number of nitrogens with two attached hydrogens (primary N) is 1. The van der Waals surface area contributed by atoms with Gasteiger partial charge in [0.25, 0.3) is 0 Å². The van der Waals surface area contributed by atoms with E-state index in [2.05, 4.69) is 0 Å². The minimum atomic E-state index is -0.420. The first kappa shape index (κ1) is 12.8. The molecule has 0 aliphatic carbocycles. The van der Waals surface area contributed by atoms with Crippen molar-refractivity contribution in [1.29, 1.82) is 0 Å². The van der Waals surface area contributed by atoms with Crippen molar-refractivity contribution in [2.24, 2.45) is 5.73 Å². The summed E-state index contributed by atoms with van der Waals surface area (Å²) in [7, 11) is 1.64. The number of benzene rings is 1. The molecule has 1 amide bonds. The van der Waals surface area contributed by atoms with Gasteiger partial charge in [-0.25, -0.2) is 4.79 Å². The highest BCUT2D eigenvalue weighted by Gasteiger charge is 2.11. The quantitative estimate of drug-likeness (QED) is 0.883. The second-order valence-corrected chi connectivity index (χ2v) is 3.92. The van der Waals surface area contributed by atoms with E-state index in [9.17, 15) is 4.79 Å². The number of hydrogen-bond acceptors (Lipinski definition) is 3. The van der Waals surface area contributed by atoms with Gasteiger partial charge in [-0.1, -0.05) is 11.6 Å². The second kappa shape index (κ2) is 5.72. The molecule has 1 rings (SSSR count). The largest absolute Gasteiger partial charge is 0.415 e. The highest BCUT2D eigenvalue weighted by atomic mass is 35.5. The third-order valence-electron chi connectivity index (χ3n) is 2.11. The lowest BCUT2D eigenvalue weighted by molar-refractivity contribution is 0.164. The van der Waals surface area contributed by atoms with Crippen LogP contribution in [0.15, 0.2) is 18.2 Å². The highest BCUT2D eigenvalue weighted by Crippen LogP contribution is 2.22. The maximum absolute atomic E-state index is 11.6. The van der Waals surface area contributed by atoms with Crippen molar-refractivity contribution in [2.45, 2.75) is 6.92 Å². The maximum atomic E-state index is 11.6. The Bertz CT molecular complexity index is 382. The fourth-order valence-electron chi connectivity index (χ4n) is 1.18. The molecule has 0 atom stereocenters. The van der Waals surface area contributed by atoms with E-state index in [1.807, 2.05) is 6.92 Å². The first-order valence-electron chi connectivity index (χ1n) is 4.93. The van der Waals surface area contributed by atoms with E-state index in [0.717, 1.165) is 5.56 Å². The Kier molecular flexibility index (Phi) is 4.58. The molecule has 5 heteroatoms. The molecule has 2 N–H and O–H groups in total. The molecule has 4 nitrogen and oxygen atoms in total. The number of ether oxygens (including phenoxy) is 1. The van der Waals surface area contributed by atoms with Crippen LogP contribution in [-0.2, 0) is 0 Å². The lowest BCUT2D eigenvalue weighted by Gasteiger charge is -2.16. The molecule has 1 aromatic carbocycles. The molecule has 0 unspecified atom stereocenters. The normalized spacial score (nSPS) is 10.0. The van der Waals surface area contributed by atoms with Gasteiger partial charge >= 0.3 is 6.09 Å². The van der Waals surface area contributed by atoms with Gasteiger partial charge in [0, 0.05) is 25.2 Å². The number of aryl methyl sites for hydroxylation is 1. The molecule has 0 spiro atoms. The van der Waals surface area contributed by atoms with Crippen LogP contribution in [0.3, 0.4) is 0 Å². The highest BCUT2D eigenvalue weighted by molar-refractivity contribution is 6.30. The summed E-state index contributed by atoms with van der Waals surface area (Å²) in [6.07, 6.45) is -0.420. The van der Waals surface area contributed by atoms with Crippen LogP contribution in [0.1, 0.15) is 5.56 Å². The summed E-state index contributed by atoms with van der Waals surface area (Å²) < 4.78 is 5.19. The predicted octanol–water partition coefficient (Wildman–Crippen LogP) is 2.04. The topological polar surface area (TPSA) is 55.6 Å². The fourth-order valence-corrected chi connectivity index (χ4v) is 1.41. The van der Waals surface area contributed by atoms with Crippen LogP contribution in [0.25, 0.3) is 0 Å². The van der Waals surface area contributed by atoms with Crippen LogP contribution < -0.4 is 10.5 Å². The number of hydrogen-bond donors (Lipinski definition) is 1. The molecule has 0 fully saturated rings. The van der Waals surface area contributed by atoms with Gasteiger partial charge in [-0.2, -0.15) is 0 Å². The molecule has 1 aromatic rings. The van der Waals surface area contributed by atoms with Gasteiger partial charge in [0.2, 0.25) is 0 Å². The van der Waals surface area contributed by atoms with Crippen molar-refractivity contribution >= 4 is 17.7 Å². The number of carbonyl (C=O) groups excluding carboxylic acids is 1. The molecule has 0 heterocycles. The van der Waals surface area contributed by atoms with Crippen LogP contribution in [0, 0.1) is 6.92 Å². The smallest absolute Gasteiger partial charge is 0.410 e. The molecule has 88 valence electrons. The summed E-state index contributed by atoms with van der Waals surface area (Å²) >= 11 is 5.80. The van der Waals surface area contributed by atoms with E-state index >= 15 is 0 Å². The molecule has 0 aromatic heterocycles. The van der Waals surface area contributed by atoms with Gasteiger partial charge in [0.1, 0.15) is 5.75 Å². The summed E-state index contributed by atoms with van der Waals surface area (Å²) in [5.41, 5.74) is 6.16. The summed E-state index contributed by atoms with van der Waals surface area (Å²) in [4.78, 5) is 13.0. The molecule has 0 bridgehead atoms. The van der Waals surface area contributed by atoms with Crippen molar-refractivity contribution in [1.82, 2.24) is 4.90 Å². The van der Waals surface area contributed by atoms with Crippen molar-refractivity contribution in [3.63, 3.8) is 0 Å². The zero-order valence-electron chi connectivity index (χ0n) is 9.37. The Morgan fingerprint density at radius 1 is 1.56 bits per heavy atom.